The average Bonchev–Trinajstić information content (AvgIpc) is 3.50. The fourth-order valence-corrected chi connectivity index (χ4v) is 5.79. The van der Waals surface area contributed by atoms with Crippen LogP contribution in [0.15, 0.2) is 36.5 Å². The fourth-order valence-electron chi connectivity index (χ4n) is 5.63. The molecule has 0 aliphatic carbocycles. The van der Waals surface area contributed by atoms with Crippen LogP contribution in [0.4, 0.5) is 4.39 Å². The lowest BCUT2D eigenvalue weighted by molar-refractivity contribution is -0.0591. The molecule has 0 radical (unpaired) electrons. The number of esters is 1. The van der Waals surface area contributed by atoms with Gasteiger partial charge in [-0.2, -0.15) is 5.10 Å². The van der Waals surface area contributed by atoms with Gasteiger partial charge in [0.05, 0.1) is 26.3 Å². The molecule has 6 rings (SSSR count). The first-order valence-electron chi connectivity index (χ1n) is 14.1. The van der Waals surface area contributed by atoms with E-state index in [1.54, 1.807) is 35.1 Å². The summed E-state index contributed by atoms with van der Waals surface area (Å²) < 4.78 is 28.5. The Labute approximate surface area is 247 Å². The molecule has 3 aromatic heterocycles. The number of hydrogen-bond donors (Lipinski definition) is 0. The topological polar surface area (TPSA) is 104 Å². The first-order valence-corrected chi connectivity index (χ1v) is 14.5. The Morgan fingerprint density at radius 3 is 2.62 bits per heavy atom. The van der Waals surface area contributed by atoms with Gasteiger partial charge in [-0.25, -0.2) is 19.2 Å². The summed E-state index contributed by atoms with van der Waals surface area (Å²) in [5.74, 6) is 0.233. The zero-order chi connectivity index (χ0) is 29.4. The molecule has 1 amide bonds. The summed E-state index contributed by atoms with van der Waals surface area (Å²) in [5.41, 5.74) is 3.22. The molecule has 0 bridgehead atoms. The summed E-state index contributed by atoms with van der Waals surface area (Å²) in [6.45, 7) is 4.65. The Bertz CT molecular complexity index is 1640. The van der Waals surface area contributed by atoms with Gasteiger partial charge in [-0.3, -0.25) is 9.48 Å². The normalized spacial score (nSPS) is 17.4. The number of aromatic nitrogens is 5. The maximum absolute atomic E-state index is 14.3. The highest BCUT2D eigenvalue weighted by atomic mass is 35.5. The molecule has 0 unspecified atom stereocenters. The summed E-state index contributed by atoms with van der Waals surface area (Å²) in [6.07, 6.45) is 5.23. The predicted octanol–water partition coefficient (Wildman–Crippen LogP) is 4.45. The van der Waals surface area contributed by atoms with Crippen molar-refractivity contribution in [2.45, 2.75) is 51.8 Å². The van der Waals surface area contributed by atoms with Crippen LogP contribution in [0.2, 0.25) is 5.02 Å². The van der Waals surface area contributed by atoms with Crippen molar-refractivity contribution in [3.63, 3.8) is 0 Å². The molecule has 1 aromatic carbocycles. The number of carbonyl (C=O) groups excluding carboxylic acids is 2. The molecule has 10 nitrogen and oxygen atoms in total. The summed E-state index contributed by atoms with van der Waals surface area (Å²) >= 11 is 5.87. The molecule has 220 valence electrons. The molecule has 0 N–H and O–H groups in total. The first-order chi connectivity index (χ1) is 20.3. The third-order valence-electron chi connectivity index (χ3n) is 8.11. The predicted molar refractivity (Wildman–Crippen MR) is 153 cm³/mol. The molecule has 4 aromatic rings. The van der Waals surface area contributed by atoms with Crippen LogP contribution in [0.5, 0.6) is 0 Å². The summed E-state index contributed by atoms with van der Waals surface area (Å²) in [7, 11) is 1.34. The van der Waals surface area contributed by atoms with E-state index in [0.29, 0.717) is 47.5 Å². The summed E-state index contributed by atoms with van der Waals surface area (Å²) in [4.78, 5) is 36.8. The van der Waals surface area contributed by atoms with E-state index in [9.17, 15) is 14.0 Å². The number of aryl methyl sites for hydroxylation is 1. The van der Waals surface area contributed by atoms with Crippen LogP contribution >= 0.6 is 11.6 Å². The van der Waals surface area contributed by atoms with E-state index >= 15 is 0 Å². The van der Waals surface area contributed by atoms with Gasteiger partial charge in [0, 0.05) is 48.5 Å². The van der Waals surface area contributed by atoms with Crippen molar-refractivity contribution in [1.29, 1.82) is 0 Å². The Morgan fingerprint density at radius 1 is 1.14 bits per heavy atom. The number of amides is 1. The zero-order valence-electron chi connectivity index (χ0n) is 23.6. The van der Waals surface area contributed by atoms with E-state index in [1.807, 2.05) is 11.8 Å². The highest BCUT2D eigenvalue weighted by Crippen LogP contribution is 2.27. The lowest BCUT2D eigenvalue weighted by atomic mass is 9.93. The number of nitrogens with zero attached hydrogens (tertiary/aromatic N) is 6. The van der Waals surface area contributed by atoms with Gasteiger partial charge < -0.3 is 18.9 Å². The number of ether oxygens (including phenoxy) is 2. The average molecular weight is 595 g/mol. The molecule has 5 heterocycles. The highest BCUT2D eigenvalue weighted by Gasteiger charge is 2.29. The summed E-state index contributed by atoms with van der Waals surface area (Å²) in [5, 5.41) is 4.83. The van der Waals surface area contributed by atoms with Gasteiger partial charge in [-0.1, -0.05) is 17.7 Å². The van der Waals surface area contributed by atoms with Crippen molar-refractivity contribution >= 4 is 34.6 Å². The molecule has 2 fully saturated rings. The van der Waals surface area contributed by atoms with Crippen molar-refractivity contribution in [2.24, 2.45) is 5.92 Å². The third kappa shape index (κ3) is 5.76. The SMILES string of the molecule is COC(=O)c1ccc2nc(CC3CCN(C(=O)c4nn(Cc5ccc(Cl)cc5F)cc4C)CC3)n(C[C@@H]3CCO3)c2n1. The number of pyridine rings is 1. The van der Waals surface area contributed by atoms with Crippen molar-refractivity contribution in [1.82, 2.24) is 29.2 Å². The molecule has 0 saturated carbocycles. The number of rotatable bonds is 8. The molecule has 12 heteroatoms. The molecule has 2 aliphatic rings. The number of halogens is 2. The van der Waals surface area contributed by atoms with Crippen LogP contribution in [-0.2, 0) is 29.0 Å². The second-order valence-corrected chi connectivity index (χ2v) is 11.4. The molecule has 42 heavy (non-hydrogen) atoms. The number of piperidine rings is 1. The second-order valence-electron chi connectivity index (χ2n) is 11.0. The third-order valence-corrected chi connectivity index (χ3v) is 8.35. The van der Waals surface area contributed by atoms with Crippen LogP contribution < -0.4 is 0 Å². The Hall–Kier alpha value is -3.83. The summed E-state index contributed by atoms with van der Waals surface area (Å²) in [6, 6.07) is 7.98. The fraction of sp³-hybridized carbons (Fsp3) is 0.433. The van der Waals surface area contributed by atoms with E-state index in [0.717, 1.165) is 49.2 Å². The smallest absolute Gasteiger partial charge is 0.356 e. The quantitative estimate of drug-likeness (QED) is 0.278. The monoisotopic (exact) mass is 594 g/mol. The number of likely N-dealkylation sites (tertiary alicyclic amines) is 1. The van der Waals surface area contributed by atoms with Gasteiger partial charge >= 0.3 is 5.97 Å². The van der Waals surface area contributed by atoms with Crippen molar-refractivity contribution in [3.05, 3.63) is 75.7 Å². The second kappa shape index (κ2) is 11.8. The number of benzene rings is 1. The number of imidazole rings is 1. The lowest BCUT2D eigenvalue weighted by Gasteiger charge is -2.32. The van der Waals surface area contributed by atoms with Crippen molar-refractivity contribution in [2.75, 3.05) is 26.8 Å². The lowest BCUT2D eigenvalue weighted by Crippen LogP contribution is -2.39. The minimum absolute atomic E-state index is 0.100. The first kappa shape index (κ1) is 28.3. The van der Waals surface area contributed by atoms with E-state index in [-0.39, 0.29) is 24.2 Å². The molecule has 2 saturated heterocycles. The van der Waals surface area contributed by atoms with E-state index in [4.69, 9.17) is 26.1 Å². The Morgan fingerprint density at radius 2 is 1.93 bits per heavy atom. The van der Waals surface area contributed by atoms with Crippen LogP contribution in [0, 0.1) is 18.7 Å². The van der Waals surface area contributed by atoms with Gasteiger partial charge in [0.25, 0.3) is 5.91 Å². The molecular formula is C30H32ClFN6O4. The Balaban J connectivity index is 1.13. The van der Waals surface area contributed by atoms with Crippen LogP contribution in [-0.4, -0.2) is 74.0 Å². The minimum Gasteiger partial charge on any atom is -0.464 e. The van der Waals surface area contributed by atoms with Gasteiger partial charge in [-0.15, -0.1) is 0 Å². The van der Waals surface area contributed by atoms with Gasteiger partial charge in [0.2, 0.25) is 0 Å². The number of fused-ring (bicyclic) bond motifs is 1. The van der Waals surface area contributed by atoms with Crippen LogP contribution in [0.3, 0.4) is 0 Å². The minimum atomic E-state index is -0.486. The van der Waals surface area contributed by atoms with E-state index in [2.05, 4.69) is 14.6 Å². The zero-order valence-corrected chi connectivity index (χ0v) is 24.3. The van der Waals surface area contributed by atoms with Crippen LogP contribution in [0.25, 0.3) is 11.2 Å². The number of carbonyl (C=O) groups is 2. The van der Waals surface area contributed by atoms with Crippen molar-refractivity contribution in [3.8, 4) is 0 Å². The maximum atomic E-state index is 14.3. The highest BCUT2D eigenvalue weighted by molar-refractivity contribution is 6.30. The molecule has 0 spiro atoms. The standard InChI is InChI=1S/C30H32ClFN6O4/c1-18-15-37(16-20-3-4-21(31)14-23(20)32)35-27(18)29(39)36-10-7-19(8-11-36)13-26-33-24-5-6-25(30(40)41-2)34-28(24)38(26)17-22-9-12-42-22/h3-6,14-15,19,22H,7-13,16-17H2,1-2H3/t22-/m0/s1. The molecular weight excluding hydrogens is 563 g/mol. The van der Waals surface area contributed by atoms with Gasteiger partial charge in [-0.05, 0) is 56.4 Å². The molecule has 2 aliphatic heterocycles. The van der Waals surface area contributed by atoms with Crippen molar-refractivity contribution < 1.29 is 23.5 Å². The van der Waals surface area contributed by atoms with Gasteiger partial charge in [0.15, 0.2) is 17.0 Å². The van der Waals surface area contributed by atoms with E-state index < -0.39 is 11.8 Å². The number of hydrogen-bond acceptors (Lipinski definition) is 7. The molecule has 1 atom stereocenters. The maximum Gasteiger partial charge on any atom is 0.356 e. The largest absolute Gasteiger partial charge is 0.464 e. The van der Waals surface area contributed by atoms with Crippen LogP contribution in [0.1, 0.15) is 57.2 Å². The van der Waals surface area contributed by atoms with Gasteiger partial charge in [0.1, 0.15) is 17.2 Å². The number of methoxy groups -OCH3 is 1. The Kier molecular flexibility index (Phi) is 7.96. The van der Waals surface area contributed by atoms with E-state index in [1.165, 1.54) is 13.2 Å².